The topological polar surface area (TPSA) is 126 Å². The summed E-state index contributed by atoms with van der Waals surface area (Å²) in [4.78, 5) is 11.7. The van der Waals surface area contributed by atoms with E-state index in [9.17, 15) is 20.1 Å². The van der Waals surface area contributed by atoms with Gasteiger partial charge in [-0.15, -0.1) is 0 Å². The third-order valence-corrected chi connectivity index (χ3v) is 3.60. The third-order valence-electron chi connectivity index (χ3n) is 3.60. The number of carbonyl (C=O) groups excluding carboxylic acids is 1. The first-order chi connectivity index (χ1) is 11.4. The van der Waals surface area contributed by atoms with E-state index in [0.717, 1.165) is 0 Å². The van der Waals surface area contributed by atoms with Crippen LogP contribution in [-0.4, -0.2) is 70.8 Å². The average Bonchev–Trinajstić information content (AvgIpc) is 2.58. The van der Waals surface area contributed by atoms with Crippen LogP contribution in [0.25, 0.3) is 6.08 Å². The fourth-order valence-corrected chi connectivity index (χ4v) is 2.21. The Morgan fingerprint density at radius 3 is 2.46 bits per heavy atom. The van der Waals surface area contributed by atoms with Gasteiger partial charge in [-0.2, -0.15) is 0 Å². The Kier molecular flexibility index (Phi) is 6.29. The second-order valence-electron chi connectivity index (χ2n) is 5.31. The fraction of sp³-hybridized carbons (Fsp3) is 0.438. The smallest absolute Gasteiger partial charge is 0.330 e. The maximum absolute atomic E-state index is 11.7. The van der Waals surface area contributed by atoms with Gasteiger partial charge in [0, 0.05) is 13.2 Å². The highest BCUT2D eigenvalue weighted by atomic mass is 16.7. The van der Waals surface area contributed by atoms with E-state index in [-0.39, 0.29) is 12.4 Å². The summed E-state index contributed by atoms with van der Waals surface area (Å²) in [5.74, 6) is -0.556. The van der Waals surface area contributed by atoms with Crippen molar-refractivity contribution in [1.82, 2.24) is 0 Å². The fourth-order valence-electron chi connectivity index (χ4n) is 2.21. The van der Waals surface area contributed by atoms with Gasteiger partial charge in [-0.1, -0.05) is 12.1 Å². The number of phenols is 1. The first-order valence-electron chi connectivity index (χ1n) is 7.28. The lowest BCUT2D eigenvalue weighted by Gasteiger charge is -2.39. The van der Waals surface area contributed by atoms with Crippen molar-refractivity contribution in [3.05, 3.63) is 35.9 Å². The second kappa shape index (κ2) is 8.22. The molecule has 1 aromatic carbocycles. The van der Waals surface area contributed by atoms with Crippen LogP contribution in [0.15, 0.2) is 30.3 Å². The van der Waals surface area contributed by atoms with Gasteiger partial charge in [0.05, 0.1) is 0 Å². The first-order valence-corrected chi connectivity index (χ1v) is 7.28. The number of esters is 1. The monoisotopic (exact) mass is 340 g/mol. The minimum atomic E-state index is -1.47. The molecule has 5 unspecified atom stereocenters. The summed E-state index contributed by atoms with van der Waals surface area (Å²) >= 11 is 0. The van der Waals surface area contributed by atoms with Crippen LogP contribution < -0.4 is 0 Å². The summed E-state index contributed by atoms with van der Waals surface area (Å²) in [7, 11) is 1.28. The van der Waals surface area contributed by atoms with Crippen molar-refractivity contribution in [2.45, 2.75) is 30.7 Å². The number of benzene rings is 1. The number of ether oxygens (including phenoxy) is 3. The number of methoxy groups -OCH3 is 1. The molecule has 8 heteroatoms. The van der Waals surface area contributed by atoms with Crippen LogP contribution in [0.1, 0.15) is 5.56 Å². The van der Waals surface area contributed by atoms with E-state index < -0.39 is 36.7 Å². The van der Waals surface area contributed by atoms with E-state index in [0.29, 0.717) is 5.56 Å². The Balaban J connectivity index is 1.87. The molecule has 24 heavy (non-hydrogen) atoms. The molecule has 1 fully saturated rings. The number of carbonyl (C=O) groups is 1. The molecule has 0 spiro atoms. The van der Waals surface area contributed by atoms with Crippen molar-refractivity contribution < 1.29 is 39.4 Å². The van der Waals surface area contributed by atoms with Crippen LogP contribution in [-0.2, 0) is 19.0 Å². The molecule has 5 atom stereocenters. The molecular formula is C16H20O8. The van der Waals surface area contributed by atoms with E-state index in [1.54, 1.807) is 12.1 Å². The molecular weight excluding hydrogens is 320 g/mol. The van der Waals surface area contributed by atoms with Crippen molar-refractivity contribution in [3.8, 4) is 5.75 Å². The molecule has 0 aromatic heterocycles. The van der Waals surface area contributed by atoms with Gasteiger partial charge in [0.25, 0.3) is 0 Å². The number of hydrogen-bond acceptors (Lipinski definition) is 8. The lowest BCUT2D eigenvalue weighted by molar-refractivity contribution is -0.294. The van der Waals surface area contributed by atoms with Crippen LogP contribution in [0, 0.1) is 0 Å². The van der Waals surface area contributed by atoms with E-state index in [1.807, 2.05) is 0 Å². The van der Waals surface area contributed by atoms with Crippen molar-refractivity contribution in [1.29, 1.82) is 0 Å². The first kappa shape index (κ1) is 18.4. The third kappa shape index (κ3) is 4.53. The summed E-state index contributed by atoms with van der Waals surface area (Å²) in [6.07, 6.45) is -3.76. The van der Waals surface area contributed by atoms with Gasteiger partial charge in [0.1, 0.15) is 36.8 Å². The largest absolute Gasteiger partial charge is 0.508 e. The molecule has 0 radical (unpaired) electrons. The maximum atomic E-state index is 11.7. The van der Waals surface area contributed by atoms with Crippen molar-refractivity contribution in [2.24, 2.45) is 0 Å². The number of hydrogen-bond donors (Lipinski definition) is 4. The standard InChI is InChI=1S/C16H20O8/c1-22-16-15(21)14(20)13(19)11(24-16)8-23-12(18)7-4-9-2-5-10(17)6-3-9/h2-7,11,13-17,19-21H,8H2,1H3. The molecule has 1 aliphatic heterocycles. The van der Waals surface area contributed by atoms with Crippen LogP contribution in [0.2, 0.25) is 0 Å². The zero-order valence-corrected chi connectivity index (χ0v) is 13.0. The predicted molar refractivity (Wildman–Crippen MR) is 81.8 cm³/mol. The summed E-state index contributed by atoms with van der Waals surface area (Å²) < 4.78 is 15.1. The van der Waals surface area contributed by atoms with Crippen molar-refractivity contribution >= 4 is 12.0 Å². The van der Waals surface area contributed by atoms with E-state index in [4.69, 9.17) is 19.3 Å². The zero-order valence-electron chi connectivity index (χ0n) is 13.0. The quantitative estimate of drug-likeness (QED) is 0.414. The number of phenolic OH excluding ortho intramolecular Hbond substituents is 1. The number of aliphatic hydroxyl groups is 3. The van der Waals surface area contributed by atoms with Crippen molar-refractivity contribution in [2.75, 3.05) is 13.7 Å². The van der Waals surface area contributed by atoms with Gasteiger partial charge in [-0.3, -0.25) is 0 Å². The summed E-state index contributed by atoms with van der Waals surface area (Å²) in [5, 5.41) is 38.4. The molecule has 1 aromatic rings. The van der Waals surface area contributed by atoms with Gasteiger partial charge < -0.3 is 34.6 Å². The van der Waals surface area contributed by atoms with E-state index in [1.165, 1.54) is 31.4 Å². The molecule has 0 amide bonds. The van der Waals surface area contributed by atoms with Crippen LogP contribution in [0.5, 0.6) is 5.75 Å². The highest BCUT2D eigenvalue weighted by molar-refractivity contribution is 5.87. The Hall–Kier alpha value is -1.97. The number of aromatic hydroxyl groups is 1. The van der Waals surface area contributed by atoms with Gasteiger partial charge >= 0.3 is 5.97 Å². The maximum Gasteiger partial charge on any atom is 0.330 e. The Morgan fingerprint density at radius 2 is 1.83 bits per heavy atom. The predicted octanol–water partition coefficient (Wildman–Crippen LogP) is -0.597. The lowest BCUT2D eigenvalue weighted by atomic mass is 9.99. The summed E-state index contributed by atoms with van der Waals surface area (Å²) in [6, 6.07) is 6.20. The molecule has 0 bridgehead atoms. The minimum Gasteiger partial charge on any atom is -0.508 e. The van der Waals surface area contributed by atoms with Gasteiger partial charge in [-0.25, -0.2) is 4.79 Å². The Labute approximate surface area is 138 Å². The minimum absolute atomic E-state index is 0.117. The molecule has 132 valence electrons. The second-order valence-corrected chi connectivity index (χ2v) is 5.31. The molecule has 1 aliphatic rings. The van der Waals surface area contributed by atoms with Gasteiger partial charge in [0.2, 0.25) is 0 Å². The molecule has 1 saturated heterocycles. The summed E-state index contributed by atoms with van der Waals surface area (Å²) in [6.45, 7) is -0.316. The SMILES string of the molecule is COC1OC(COC(=O)C=Cc2ccc(O)cc2)C(O)C(O)C1O. The highest BCUT2D eigenvalue weighted by Crippen LogP contribution is 2.22. The highest BCUT2D eigenvalue weighted by Gasteiger charge is 2.44. The van der Waals surface area contributed by atoms with Gasteiger partial charge in [-0.05, 0) is 23.8 Å². The molecule has 4 N–H and O–H groups in total. The van der Waals surface area contributed by atoms with E-state index in [2.05, 4.69) is 0 Å². The number of aliphatic hydroxyl groups excluding tert-OH is 3. The van der Waals surface area contributed by atoms with Gasteiger partial charge in [0.15, 0.2) is 6.29 Å². The zero-order chi connectivity index (χ0) is 17.7. The molecule has 0 aliphatic carbocycles. The van der Waals surface area contributed by atoms with Crippen molar-refractivity contribution in [3.63, 3.8) is 0 Å². The van der Waals surface area contributed by atoms with Crippen LogP contribution in [0.3, 0.4) is 0 Å². The molecule has 8 nitrogen and oxygen atoms in total. The molecule has 2 rings (SSSR count). The van der Waals surface area contributed by atoms with Crippen LogP contribution in [0.4, 0.5) is 0 Å². The lowest BCUT2D eigenvalue weighted by Crippen LogP contribution is -2.59. The normalized spacial score (nSPS) is 30.4. The van der Waals surface area contributed by atoms with Crippen LogP contribution >= 0.6 is 0 Å². The average molecular weight is 340 g/mol. The Morgan fingerprint density at radius 1 is 1.17 bits per heavy atom. The number of rotatable bonds is 5. The molecule has 1 heterocycles. The summed E-state index contributed by atoms with van der Waals surface area (Å²) in [5.41, 5.74) is 0.691. The molecule has 0 saturated carbocycles. The Bertz CT molecular complexity index is 568. The van der Waals surface area contributed by atoms with E-state index >= 15 is 0 Å².